The molecule has 0 atom stereocenters. The lowest BCUT2D eigenvalue weighted by molar-refractivity contribution is 0.669. The molecule has 9 aromatic carbocycles. The number of fused-ring (bicyclic) bond motifs is 6. The molecule has 0 fully saturated rings. The Labute approximate surface area is 306 Å². The van der Waals surface area contributed by atoms with Crippen molar-refractivity contribution in [3.8, 4) is 44.5 Å². The van der Waals surface area contributed by atoms with Gasteiger partial charge in [0, 0.05) is 10.8 Å². The van der Waals surface area contributed by atoms with Gasteiger partial charge in [0.1, 0.15) is 11.2 Å². The third kappa shape index (κ3) is 4.33. The highest BCUT2D eigenvalue weighted by Crippen LogP contribution is 2.48. The van der Waals surface area contributed by atoms with Gasteiger partial charge >= 0.3 is 0 Å². The Hall–Kier alpha value is -6.44. The van der Waals surface area contributed by atoms with Crippen LogP contribution < -0.4 is 0 Å². The SMILES string of the molecule is [2H]c1c([2H])c([2H])c(-c2ccc3c(c2)oc2cccc(-c4c5ccccc5c(-c5c([2H])c([2H])c([2H])c6c(-c7c([2H])c([2H])c([2H])c([2H])c7[2H])c([2H])c([2H])c([2H])c56)c5ccccc45)c23)c([2H])c1[2H]. The molecule has 0 aliphatic carbocycles. The van der Waals surface area contributed by atoms with Crippen molar-refractivity contribution in [3.05, 3.63) is 182 Å². The fourth-order valence-corrected chi connectivity index (χ4v) is 6.96. The van der Waals surface area contributed by atoms with Gasteiger partial charge in [0.05, 0.1) is 21.9 Å². The minimum Gasteiger partial charge on any atom is -0.456 e. The summed E-state index contributed by atoms with van der Waals surface area (Å²) >= 11 is 0. The molecule has 49 heavy (non-hydrogen) atoms. The first-order valence-electron chi connectivity index (χ1n) is 23.5. The molecule has 10 rings (SSSR count). The van der Waals surface area contributed by atoms with Crippen molar-refractivity contribution in [2.75, 3.05) is 0 Å². The summed E-state index contributed by atoms with van der Waals surface area (Å²) in [5.74, 6) is 0. The topological polar surface area (TPSA) is 13.1 Å². The van der Waals surface area contributed by atoms with E-state index in [4.69, 9.17) is 22.2 Å². The molecule has 1 nitrogen and oxygen atoms in total. The summed E-state index contributed by atoms with van der Waals surface area (Å²) in [5, 5.41) is 3.46. The summed E-state index contributed by atoms with van der Waals surface area (Å²) in [7, 11) is 0. The lowest BCUT2D eigenvalue weighted by Gasteiger charge is -2.19. The van der Waals surface area contributed by atoms with Gasteiger partial charge < -0.3 is 4.42 Å². The van der Waals surface area contributed by atoms with Gasteiger partial charge in [-0.15, -0.1) is 0 Å². The van der Waals surface area contributed by atoms with Crippen molar-refractivity contribution in [2.24, 2.45) is 0 Å². The van der Waals surface area contributed by atoms with Crippen LogP contribution in [0.15, 0.2) is 186 Å². The van der Waals surface area contributed by atoms with Gasteiger partial charge in [0.25, 0.3) is 0 Å². The zero-order chi connectivity index (χ0) is 46.2. The van der Waals surface area contributed by atoms with Crippen LogP contribution in [0.3, 0.4) is 0 Å². The van der Waals surface area contributed by atoms with Gasteiger partial charge in [-0.1, -0.05) is 163 Å². The van der Waals surface area contributed by atoms with Gasteiger partial charge in [-0.05, 0) is 95.0 Å². The van der Waals surface area contributed by atoms with Crippen molar-refractivity contribution < 1.29 is 26.3 Å². The lowest BCUT2D eigenvalue weighted by atomic mass is 9.83. The van der Waals surface area contributed by atoms with Crippen molar-refractivity contribution in [2.45, 2.75) is 0 Å². The van der Waals surface area contributed by atoms with Crippen molar-refractivity contribution in [1.29, 1.82) is 0 Å². The van der Waals surface area contributed by atoms with Gasteiger partial charge in [-0.25, -0.2) is 0 Å². The van der Waals surface area contributed by atoms with Gasteiger partial charge in [0.15, 0.2) is 0 Å². The molecule has 1 heteroatoms. The van der Waals surface area contributed by atoms with Crippen LogP contribution >= 0.6 is 0 Å². The first-order valence-corrected chi connectivity index (χ1v) is 15.5. The number of rotatable bonds is 4. The van der Waals surface area contributed by atoms with Crippen LogP contribution in [-0.4, -0.2) is 0 Å². The minimum atomic E-state index is -0.701. The molecular weight excluding hydrogens is 593 g/mol. The number of furan rings is 1. The second-order valence-electron chi connectivity index (χ2n) is 11.6. The molecule has 0 amide bonds. The van der Waals surface area contributed by atoms with E-state index in [1.54, 1.807) is 36.4 Å². The van der Waals surface area contributed by atoms with E-state index in [2.05, 4.69) is 0 Å². The summed E-state index contributed by atoms with van der Waals surface area (Å²) in [4.78, 5) is 0. The normalized spacial score (nSPS) is 16.2. The van der Waals surface area contributed by atoms with E-state index < -0.39 is 90.2 Å². The van der Waals surface area contributed by atoms with E-state index in [1.165, 1.54) is 0 Å². The van der Waals surface area contributed by atoms with E-state index in [1.807, 2.05) is 48.5 Å². The molecule has 0 radical (unpaired) electrons. The number of hydrogen-bond donors (Lipinski definition) is 0. The van der Waals surface area contributed by atoms with E-state index >= 15 is 0 Å². The molecule has 10 aromatic rings. The standard InChI is InChI=1S/C48H30O/c1-3-14-31(15-4-1)33-28-29-42-45(30-33)49-44-27-13-26-43(48(42)44)47-40-20-9-7-18-38(40)46(39-19-8-10-21-41(39)47)37-25-12-23-35-34(22-11-24-36(35)37)32-16-5-2-6-17-32/h1-30H/i1D,2D,3D,4D,5D,6D,11D,12D,14D,15D,16D,17D,22D,23D,24D,25D. The molecule has 1 aromatic heterocycles. The molecule has 0 N–H and O–H groups in total. The molecule has 0 unspecified atom stereocenters. The summed E-state index contributed by atoms with van der Waals surface area (Å²) in [6.07, 6.45) is 0. The largest absolute Gasteiger partial charge is 0.456 e. The quantitative estimate of drug-likeness (QED) is 0.175. The lowest BCUT2D eigenvalue weighted by Crippen LogP contribution is -1.92. The van der Waals surface area contributed by atoms with Gasteiger partial charge in [0.2, 0.25) is 0 Å². The van der Waals surface area contributed by atoms with Crippen LogP contribution in [0.4, 0.5) is 0 Å². The fraction of sp³-hybridized carbons (Fsp3) is 0. The first-order chi connectivity index (χ1) is 31.0. The van der Waals surface area contributed by atoms with Crippen molar-refractivity contribution >= 4 is 54.3 Å². The van der Waals surface area contributed by atoms with Gasteiger partial charge in [-0.3, -0.25) is 0 Å². The molecule has 0 spiro atoms. The van der Waals surface area contributed by atoms with Crippen LogP contribution in [0.1, 0.15) is 21.9 Å². The molecule has 228 valence electrons. The summed E-state index contributed by atoms with van der Waals surface area (Å²) in [6, 6.07) is 16.4. The Bertz CT molecular complexity index is 3680. The summed E-state index contributed by atoms with van der Waals surface area (Å²) < 4.78 is 146. The third-order valence-electron chi connectivity index (χ3n) is 8.99. The average Bonchev–Trinajstić information content (AvgIpc) is 3.69. The monoisotopic (exact) mass is 638 g/mol. The average molecular weight is 639 g/mol. The van der Waals surface area contributed by atoms with E-state index in [0.29, 0.717) is 49.2 Å². The molecule has 0 bridgehead atoms. The molecule has 0 saturated carbocycles. The highest BCUT2D eigenvalue weighted by Gasteiger charge is 2.21. The maximum absolute atomic E-state index is 9.49. The maximum atomic E-state index is 9.49. The van der Waals surface area contributed by atoms with E-state index in [-0.39, 0.29) is 39.5 Å². The highest BCUT2D eigenvalue weighted by molar-refractivity contribution is 6.27. The Morgan fingerprint density at radius 2 is 0.918 bits per heavy atom. The molecular formula is C48H30O. The number of benzene rings is 9. The number of hydrogen-bond acceptors (Lipinski definition) is 1. The molecule has 0 aliphatic rings. The van der Waals surface area contributed by atoms with E-state index in [0.717, 1.165) is 16.5 Å². The smallest absolute Gasteiger partial charge is 0.136 e. The van der Waals surface area contributed by atoms with Crippen LogP contribution in [0.2, 0.25) is 0 Å². The predicted molar refractivity (Wildman–Crippen MR) is 208 cm³/mol. The van der Waals surface area contributed by atoms with Crippen molar-refractivity contribution in [1.82, 2.24) is 0 Å². The van der Waals surface area contributed by atoms with Gasteiger partial charge in [-0.2, -0.15) is 0 Å². The predicted octanol–water partition coefficient (Wildman–Crippen LogP) is 13.7. The zero-order valence-corrected chi connectivity index (χ0v) is 25.5. The molecule has 0 aliphatic heterocycles. The Kier molecular flexibility index (Phi) is 3.64. The van der Waals surface area contributed by atoms with E-state index in [9.17, 15) is 4.11 Å². The first kappa shape index (κ1) is 16.1. The molecule has 0 saturated heterocycles. The Morgan fingerprint density at radius 1 is 0.347 bits per heavy atom. The zero-order valence-electron chi connectivity index (χ0n) is 41.5. The Morgan fingerprint density at radius 3 is 1.57 bits per heavy atom. The third-order valence-corrected chi connectivity index (χ3v) is 8.99. The minimum absolute atomic E-state index is 0.000727. The summed E-state index contributed by atoms with van der Waals surface area (Å²) in [6.45, 7) is 0. The second-order valence-corrected chi connectivity index (χ2v) is 11.6. The van der Waals surface area contributed by atoms with Crippen molar-refractivity contribution in [3.63, 3.8) is 0 Å². The molecule has 1 heterocycles. The fourth-order valence-electron chi connectivity index (χ4n) is 6.96. The van der Waals surface area contributed by atoms with Crippen LogP contribution in [0.25, 0.3) is 98.8 Å². The second kappa shape index (κ2) is 11.1. The Balaban J connectivity index is 1.32. The maximum Gasteiger partial charge on any atom is 0.136 e. The van der Waals surface area contributed by atoms with Crippen LogP contribution in [-0.2, 0) is 0 Å². The summed E-state index contributed by atoms with van der Waals surface area (Å²) in [5.41, 5.74) is 2.36. The van der Waals surface area contributed by atoms with Crippen LogP contribution in [0.5, 0.6) is 0 Å². The highest BCUT2D eigenvalue weighted by atomic mass is 16.3. The van der Waals surface area contributed by atoms with Crippen LogP contribution in [0, 0.1) is 0 Å².